The van der Waals surface area contributed by atoms with Gasteiger partial charge in [-0.2, -0.15) is 0 Å². The smallest absolute Gasteiger partial charge is 0.200 e. The summed E-state index contributed by atoms with van der Waals surface area (Å²) in [6.07, 6.45) is -0.0975. The van der Waals surface area contributed by atoms with Crippen LogP contribution in [0.3, 0.4) is 0 Å². The Bertz CT molecular complexity index is 287. The van der Waals surface area contributed by atoms with E-state index >= 15 is 0 Å². The van der Waals surface area contributed by atoms with Crippen molar-refractivity contribution in [3.63, 3.8) is 0 Å². The number of aliphatic hydroxyl groups is 4. The van der Waals surface area contributed by atoms with Gasteiger partial charge in [0.15, 0.2) is 5.79 Å². The summed E-state index contributed by atoms with van der Waals surface area (Å²) in [5.41, 5.74) is 0. The minimum atomic E-state index is -1.38. The number of aliphatic hydroxyl groups excluding tert-OH is 4. The highest BCUT2D eigenvalue weighted by molar-refractivity contribution is 5.00. The van der Waals surface area contributed by atoms with Crippen molar-refractivity contribution in [1.82, 2.24) is 0 Å². The molecule has 0 radical (unpaired) electrons. The van der Waals surface area contributed by atoms with Crippen LogP contribution < -0.4 is 0 Å². The van der Waals surface area contributed by atoms with Gasteiger partial charge in [0.2, 0.25) is 0 Å². The van der Waals surface area contributed by atoms with Crippen LogP contribution in [0.4, 0.5) is 0 Å². The summed E-state index contributed by atoms with van der Waals surface area (Å²) in [6.45, 7) is -0.428. The van der Waals surface area contributed by atoms with E-state index in [0.29, 0.717) is 0 Å². The van der Waals surface area contributed by atoms with Crippen molar-refractivity contribution >= 4 is 0 Å². The zero-order valence-corrected chi connectivity index (χ0v) is 11.2. The maximum absolute atomic E-state index is 10.3. The van der Waals surface area contributed by atoms with E-state index in [4.69, 9.17) is 9.47 Å². The lowest BCUT2D eigenvalue weighted by Gasteiger charge is -2.51. The van der Waals surface area contributed by atoms with Crippen molar-refractivity contribution in [3.8, 4) is 0 Å². The SMILES string of the molecule is COC1(C2CCCCC2)O[C@H](CO)[C@@H](O)[C@H](O)[C@H]1O. The molecular formula is C13H24O6. The Labute approximate surface area is 113 Å². The number of hydrogen-bond donors (Lipinski definition) is 4. The second-order valence-electron chi connectivity index (χ2n) is 5.53. The Morgan fingerprint density at radius 1 is 1.11 bits per heavy atom. The molecule has 2 aliphatic rings. The lowest BCUT2D eigenvalue weighted by Crippen LogP contribution is -2.68. The van der Waals surface area contributed by atoms with Gasteiger partial charge in [0.25, 0.3) is 0 Å². The van der Waals surface area contributed by atoms with Gasteiger partial charge in [-0.1, -0.05) is 19.3 Å². The van der Waals surface area contributed by atoms with Crippen LogP contribution in [-0.4, -0.2) is 64.3 Å². The monoisotopic (exact) mass is 276 g/mol. The Balaban J connectivity index is 2.25. The molecule has 6 heteroatoms. The van der Waals surface area contributed by atoms with Gasteiger partial charge in [0.1, 0.15) is 24.4 Å². The molecule has 1 saturated heterocycles. The van der Waals surface area contributed by atoms with Crippen LogP contribution in [-0.2, 0) is 9.47 Å². The minimum absolute atomic E-state index is 0.0440. The molecule has 112 valence electrons. The third kappa shape index (κ3) is 2.53. The summed E-state index contributed by atoms with van der Waals surface area (Å²) in [5.74, 6) is -1.38. The first kappa shape index (κ1) is 15.2. The molecular weight excluding hydrogens is 252 g/mol. The summed E-state index contributed by atoms with van der Waals surface area (Å²) >= 11 is 0. The number of rotatable bonds is 3. The molecule has 6 nitrogen and oxygen atoms in total. The fraction of sp³-hybridized carbons (Fsp3) is 1.00. The van der Waals surface area contributed by atoms with Crippen LogP contribution in [0.5, 0.6) is 0 Å². The molecule has 19 heavy (non-hydrogen) atoms. The van der Waals surface area contributed by atoms with Gasteiger partial charge in [-0.15, -0.1) is 0 Å². The number of methoxy groups -OCH3 is 1. The molecule has 1 unspecified atom stereocenters. The van der Waals surface area contributed by atoms with Gasteiger partial charge in [0, 0.05) is 13.0 Å². The highest BCUT2D eigenvalue weighted by Gasteiger charge is 2.57. The van der Waals surface area contributed by atoms with Gasteiger partial charge in [-0.05, 0) is 12.8 Å². The highest BCUT2D eigenvalue weighted by Crippen LogP contribution is 2.42. The minimum Gasteiger partial charge on any atom is -0.394 e. The zero-order chi connectivity index (χ0) is 14.0. The van der Waals surface area contributed by atoms with E-state index in [-0.39, 0.29) is 5.92 Å². The average molecular weight is 276 g/mol. The van der Waals surface area contributed by atoms with Crippen molar-refractivity contribution in [2.75, 3.05) is 13.7 Å². The quantitative estimate of drug-likeness (QED) is 0.548. The molecule has 4 N–H and O–H groups in total. The largest absolute Gasteiger partial charge is 0.394 e. The maximum atomic E-state index is 10.3. The second-order valence-corrected chi connectivity index (χ2v) is 5.53. The van der Waals surface area contributed by atoms with E-state index in [1.54, 1.807) is 0 Å². The molecule has 2 rings (SSSR count). The second kappa shape index (κ2) is 6.03. The molecule has 0 spiro atoms. The van der Waals surface area contributed by atoms with Gasteiger partial charge >= 0.3 is 0 Å². The average Bonchev–Trinajstić information content (AvgIpc) is 2.47. The molecule has 1 saturated carbocycles. The fourth-order valence-corrected chi connectivity index (χ4v) is 3.34. The summed E-state index contributed by atoms with van der Waals surface area (Å²) in [6, 6.07) is 0. The van der Waals surface area contributed by atoms with Crippen molar-refractivity contribution in [1.29, 1.82) is 0 Å². The lowest BCUT2D eigenvalue weighted by atomic mass is 9.77. The topological polar surface area (TPSA) is 99.4 Å². The van der Waals surface area contributed by atoms with Crippen LogP contribution in [0.2, 0.25) is 0 Å². The van der Waals surface area contributed by atoms with Crippen LogP contribution in [0.15, 0.2) is 0 Å². The van der Waals surface area contributed by atoms with Gasteiger partial charge in [-0.25, -0.2) is 0 Å². The zero-order valence-electron chi connectivity index (χ0n) is 11.2. The summed E-state index contributed by atoms with van der Waals surface area (Å²) < 4.78 is 11.1. The van der Waals surface area contributed by atoms with Crippen molar-refractivity contribution < 1.29 is 29.9 Å². The summed E-state index contributed by atoms with van der Waals surface area (Å²) in [4.78, 5) is 0. The Morgan fingerprint density at radius 2 is 1.74 bits per heavy atom. The lowest BCUT2D eigenvalue weighted by molar-refractivity contribution is -0.378. The summed E-state index contributed by atoms with van der Waals surface area (Å²) in [5, 5.41) is 39.3. The van der Waals surface area contributed by atoms with E-state index < -0.39 is 36.8 Å². The number of ether oxygens (including phenoxy) is 2. The molecule has 1 heterocycles. The van der Waals surface area contributed by atoms with Gasteiger partial charge in [-0.3, -0.25) is 0 Å². The molecule has 1 aliphatic heterocycles. The van der Waals surface area contributed by atoms with E-state index in [2.05, 4.69) is 0 Å². The van der Waals surface area contributed by atoms with Crippen molar-refractivity contribution in [2.24, 2.45) is 5.92 Å². The van der Waals surface area contributed by atoms with Crippen LogP contribution in [0, 0.1) is 5.92 Å². The number of hydrogen-bond acceptors (Lipinski definition) is 6. The Kier molecular flexibility index (Phi) is 4.81. The normalized spacial score (nSPS) is 45.3. The molecule has 1 aliphatic carbocycles. The predicted molar refractivity (Wildman–Crippen MR) is 66.3 cm³/mol. The first-order chi connectivity index (χ1) is 9.06. The first-order valence-electron chi connectivity index (χ1n) is 6.95. The molecule has 0 aromatic carbocycles. The van der Waals surface area contributed by atoms with Crippen molar-refractivity contribution in [2.45, 2.75) is 62.3 Å². The molecule has 2 fully saturated rings. The molecule has 5 atom stereocenters. The summed E-state index contributed by atoms with van der Waals surface area (Å²) in [7, 11) is 1.43. The van der Waals surface area contributed by atoms with E-state index in [1.807, 2.05) is 0 Å². The van der Waals surface area contributed by atoms with E-state index in [0.717, 1.165) is 32.1 Å². The van der Waals surface area contributed by atoms with Gasteiger partial charge in [0.05, 0.1) is 6.61 Å². The Morgan fingerprint density at radius 3 is 2.26 bits per heavy atom. The predicted octanol–water partition coefficient (Wildman–Crippen LogP) is -0.617. The third-order valence-electron chi connectivity index (χ3n) is 4.48. The van der Waals surface area contributed by atoms with Crippen molar-refractivity contribution in [3.05, 3.63) is 0 Å². The van der Waals surface area contributed by atoms with Crippen LogP contribution >= 0.6 is 0 Å². The molecule has 0 bridgehead atoms. The standard InChI is InChI=1S/C13H24O6/c1-18-13(8-5-3-2-4-6-8)12(17)11(16)10(15)9(7-14)19-13/h8-12,14-17H,2-7H2,1H3/t9-,10-,11+,12-,13?/m1/s1. The molecule has 0 amide bonds. The third-order valence-corrected chi connectivity index (χ3v) is 4.48. The van der Waals surface area contributed by atoms with E-state index in [9.17, 15) is 20.4 Å². The van der Waals surface area contributed by atoms with E-state index in [1.165, 1.54) is 7.11 Å². The van der Waals surface area contributed by atoms with Crippen LogP contribution in [0.1, 0.15) is 32.1 Å². The van der Waals surface area contributed by atoms with Gasteiger partial charge < -0.3 is 29.9 Å². The molecule has 0 aromatic heterocycles. The fourth-order valence-electron chi connectivity index (χ4n) is 3.34. The Hall–Kier alpha value is -0.240. The maximum Gasteiger partial charge on any atom is 0.200 e. The highest BCUT2D eigenvalue weighted by atomic mass is 16.7. The van der Waals surface area contributed by atoms with Crippen LogP contribution in [0.25, 0.3) is 0 Å². The first-order valence-corrected chi connectivity index (χ1v) is 6.95. The molecule has 0 aromatic rings.